The van der Waals surface area contributed by atoms with Crippen LogP contribution in [0.4, 0.5) is 0 Å². The van der Waals surface area contributed by atoms with Gasteiger partial charge in [0.25, 0.3) is 5.91 Å². The fourth-order valence-corrected chi connectivity index (χ4v) is 5.53. The van der Waals surface area contributed by atoms with Gasteiger partial charge in [-0.1, -0.05) is 62.4 Å². The van der Waals surface area contributed by atoms with E-state index < -0.39 is 10.0 Å². The molecule has 0 radical (unpaired) electrons. The Balaban J connectivity index is 1.67. The van der Waals surface area contributed by atoms with E-state index in [2.05, 4.69) is 21.9 Å². The molecule has 0 bridgehead atoms. The second kappa shape index (κ2) is 10.9. The first-order valence-electron chi connectivity index (χ1n) is 12.6. The number of amides is 1. The highest BCUT2D eigenvalue weighted by molar-refractivity contribution is 7.88. The number of nitrogens with one attached hydrogen (secondary N) is 2. The highest BCUT2D eigenvalue weighted by atomic mass is 32.2. The predicted molar refractivity (Wildman–Crippen MR) is 139 cm³/mol. The maximum atomic E-state index is 12.9. The number of nitrogens with zero attached hydrogens (tertiary/aromatic N) is 1. The van der Waals surface area contributed by atoms with Crippen molar-refractivity contribution in [2.45, 2.75) is 70.5 Å². The van der Waals surface area contributed by atoms with E-state index in [1.807, 2.05) is 37.3 Å². The zero-order valence-corrected chi connectivity index (χ0v) is 21.6. The fourth-order valence-electron chi connectivity index (χ4n) is 4.38. The summed E-state index contributed by atoms with van der Waals surface area (Å²) in [6.45, 7) is 4.59. The van der Waals surface area contributed by atoms with Crippen LogP contribution in [-0.2, 0) is 15.8 Å². The molecule has 0 unspecified atom stereocenters. The molecule has 35 heavy (non-hydrogen) atoms. The Hall–Kier alpha value is -2.71. The minimum Gasteiger partial charge on any atom is -0.437 e. The molecule has 0 atom stereocenters. The normalized spacial score (nSPS) is 13.9. The van der Waals surface area contributed by atoms with Gasteiger partial charge >= 0.3 is 0 Å². The molecule has 2 aromatic heterocycles. The van der Waals surface area contributed by atoms with Crippen molar-refractivity contribution in [1.29, 1.82) is 0 Å². The third-order valence-electron chi connectivity index (χ3n) is 6.51. The summed E-state index contributed by atoms with van der Waals surface area (Å²) in [7, 11) is -1.95. The quantitative estimate of drug-likeness (QED) is 0.325. The molecule has 8 heteroatoms. The summed E-state index contributed by atoms with van der Waals surface area (Å²) in [6, 6.07) is 9.67. The van der Waals surface area contributed by atoms with Gasteiger partial charge in [-0.05, 0) is 43.7 Å². The average molecular weight is 498 g/mol. The summed E-state index contributed by atoms with van der Waals surface area (Å²) in [6.07, 6.45) is 7.28. The Morgan fingerprint density at radius 3 is 2.49 bits per heavy atom. The number of aryl methyl sites for hydroxylation is 1. The van der Waals surface area contributed by atoms with Crippen LogP contribution >= 0.6 is 0 Å². The van der Waals surface area contributed by atoms with E-state index in [9.17, 15) is 13.2 Å². The van der Waals surface area contributed by atoms with Crippen molar-refractivity contribution < 1.29 is 17.6 Å². The molecule has 1 saturated carbocycles. The molecule has 7 nitrogen and oxygen atoms in total. The summed E-state index contributed by atoms with van der Waals surface area (Å²) in [5, 5.41) is 3.32. The van der Waals surface area contributed by atoms with Crippen molar-refractivity contribution >= 4 is 27.0 Å². The zero-order valence-electron chi connectivity index (χ0n) is 20.8. The van der Waals surface area contributed by atoms with E-state index in [0.717, 1.165) is 55.2 Å². The van der Waals surface area contributed by atoms with Gasteiger partial charge in [0.1, 0.15) is 11.5 Å². The number of pyridine rings is 1. The third-order valence-corrected chi connectivity index (χ3v) is 7.81. The maximum Gasteiger partial charge on any atom is 0.255 e. The fraction of sp³-hybridized carbons (Fsp3) is 0.481. The number of aromatic nitrogens is 1. The Bertz CT molecular complexity index is 1290. The Kier molecular flexibility index (Phi) is 7.91. The lowest BCUT2D eigenvalue weighted by Gasteiger charge is -2.10. The smallest absolute Gasteiger partial charge is 0.255 e. The molecule has 188 valence electrons. The number of fused-ring (bicyclic) bond motifs is 1. The van der Waals surface area contributed by atoms with Gasteiger partial charge in [-0.2, -0.15) is 0 Å². The van der Waals surface area contributed by atoms with Crippen molar-refractivity contribution in [1.82, 2.24) is 15.0 Å². The second-order valence-electron chi connectivity index (χ2n) is 9.47. The minimum absolute atomic E-state index is 0.195. The standard InChI is InChI=1S/C27H35N3O4S/c1-4-5-6-7-8-15-29-35(32,33)17-23-21(19-13-14-19)16-22-24(26(31)28-3)25(34-27(22)30-23)20-11-9-18(2)10-12-20/h9-12,16,19,29H,4-8,13-15,17H2,1-3H3,(H,28,31). The summed E-state index contributed by atoms with van der Waals surface area (Å²) in [4.78, 5) is 17.5. The number of sulfonamides is 1. The van der Waals surface area contributed by atoms with Gasteiger partial charge in [-0.15, -0.1) is 0 Å². The molecule has 2 N–H and O–H groups in total. The third kappa shape index (κ3) is 6.11. The van der Waals surface area contributed by atoms with E-state index in [0.29, 0.717) is 28.9 Å². The lowest BCUT2D eigenvalue weighted by atomic mass is 10.0. The molecule has 4 rings (SSSR count). The van der Waals surface area contributed by atoms with Crippen LogP contribution in [-0.4, -0.2) is 32.9 Å². The van der Waals surface area contributed by atoms with Crippen molar-refractivity contribution in [2.75, 3.05) is 13.6 Å². The zero-order chi connectivity index (χ0) is 25.0. The van der Waals surface area contributed by atoms with Gasteiger partial charge in [-0.3, -0.25) is 4.79 Å². The molecule has 1 aliphatic rings. The summed E-state index contributed by atoms with van der Waals surface area (Å²) in [5.74, 6) is 0.257. The molecular formula is C27H35N3O4S. The number of hydrogen-bond donors (Lipinski definition) is 2. The number of carbonyl (C=O) groups is 1. The highest BCUT2D eigenvalue weighted by Crippen LogP contribution is 2.44. The molecule has 1 fully saturated rings. The van der Waals surface area contributed by atoms with Crippen molar-refractivity contribution in [3.05, 3.63) is 52.7 Å². The van der Waals surface area contributed by atoms with Crippen molar-refractivity contribution in [2.24, 2.45) is 0 Å². The van der Waals surface area contributed by atoms with Crippen LogP contribution in [0.1, 0.15) is 85.0 Å². The largest absolute Gasteiger partial charge is 0.437 e. The summed E-state index contributed by atoms with van der Waals surface area (Å²) >= 11 is 0. The van der Waals surface area contributed by atoms with Gasteiger partial charge < -0.3 is 9.73 Å². The molecular weight excluding hydrogens is 462 g/mol. The number of benzene rings is 1. The van der Waals surface area contributed by atoms with E-state index >= 15 is 0 Å². The molecule has 1 amide bonds. The van der Waals surface area contributed by atoms with Crippen LogP contribution in [0.3, 0.4) is 0 Å². The molecule has 1 aromatic carbocycles. The summed E-state index contributed by atoms with van der Waals surface area (Å²) < 4.78 is 34.5. The number of hydrogen-bond acceptors (Lipinski definition) is 5. The molecule has 2 heterocycles. The number of carbonyl (C=O) groups excluding carboxylic acids is 1. The van der Waals surface area contributed by atoms with E-state index in [-0.39, 0.29) is 23.3 Å². The van der Waals surface area contributed by atoms with Gasteiger partial charge in [0, 0.05) is 19.2 Å². The van der Waals surface area contributed by atoms with Crippen LogP contribution in [0.2, 0.25) is 0 Å². The highest BCUT2D eigenvalue weighted by Gasteiger charge is 2.31. The van der Waals surface area contributed by atoms with Crippen LogP contribution < -0.4 is 10.0 Å². The Morgan fingerprint density at radius 2 is 1.83 bits per heavy atom. The Labute approximate surface area is 207 Å². The van der Waals surface area contributed by atoms with E-state index in [1.54, 1.807) is 7.05 Å². The van der Waals surface area contributed by atoms with E-state index in [1.165, 1.54) is 6.42 Å². The van der Waals surface area contributed by atoms with Crippen LogP contribution in [0.5, 0.6) is 0 Å². The first-order chi connectivity index (χ1) is 16.8. The monoisotopic (exact) mass is 497 g/mol. The molecule has 0 saturated heterocycles. The van der Waals surface area contributed by atoms with Gasteiger partial charge in [0.05, 0.1) is 16.6 Å². The molecule has 0 spiro atoms. The maximum absolute atomic E-state index is 12.9. The minimum atomic E-state index is -3.54. The van der Waals surface area contributed by atoms with Crippen LogP contribution in [0.15, 0.2) is 34.7 Å². The molecule has 0 aliphatic heterocycles. The lowest BCUT2D eigenvalue weighted by Crippen LogP contribution is -2.27. The van der Waals surface area contributed by atoms with Gasteiger partial charge in [0.15, 0.2) is 0 Å². The first-order valence-corrected chi connectivity index (χ1v) is 14.2. The topological polar surface area (TPSA) is 101 Å². The predicted octanol–water partition coefficient (Wildman–Crippen LogP) is 5.43. The first kappa shape index (κ1) is 25.4. The average Bonchev–Trinajstić information content (AvgIpc) is 3.61. The number of furan rings is 1. The summed E-state index contributed by atoms with van der Waals surface area (Å²) in [5.41, 5.74) is 4.00. The van der Waals surface area contributed by atoms with Crippen molar-refractivity contribution in [3.63, 3.8) is 0 Å². The van der Waals surface area contributed by atoms with Gasteiger partial charge in [-0.25, -0.2) is 18.1 Å². The van der Waals surface area contributed by atoms with E-state index in [4.69, 9.17) is 4.42 Å². The van der Waals surface area contributed by atoms with Gasteiger partial charge in [0.2, 0.25) is 15.7 Å². The SMILES string of the molecule is CCCCCCCNS(=O)(=O)Cc1nc2oc(-c3ccc(C)cc3)c(C(=O)NC)c2cc1C1CC1. The lowest BCUT2D eigenvalue weighted by molar-refractivity contribution is 0.0964. The number of rotatable bonds is 12. The molecule has 1 aliphatic carbocycles. The van der Waals surface area contributed by atoms with Crippen molar-refractivity contribution in [3.8, 4) is 11.3 Å². The Morgan fingerprint density at radius 1 is 1.11 bits per heavy atom. The second-order valence-corrected chi connectivity index (χ2v) is 11.3. The van der Waals surface area contributed by atoms with Crippen LogP contribution in [0.25, 0.3) is 22.4 Å². The number of unbranched alkanes of at least 4 members (excludes halogenated alkanes) is 4. The van der Waals surface area contributed by atoms with Crippen LogP contribution in [0, 0.1) is 6.92 Å². The molecule has 3 aromatic rings.